The number of benzene rings is 2. The average molecular weight is 328 g/mol. The van der Waals surface area contributed by atoms with Crippen molar-refractivity contribution in [3.8, 4) is 16.3 Å². The monoisotopic (exact) mass is 328 g/mol. The van der Waals surface area contributed by atoms with E-state index in [0.29, 0.717) is 13.0 Å². The van der Waals surface area contributed by atoms with Crippen molar-refractivity contribution in [3.05, 3.63) is 42.5 Å². The molecule has 120 valence electrons. The Bertz CT molecular complexity index is 783. The fourth-order valence-corrected chi connectivity index (χ4v) is 3.21. The molecule has 23 heavy (non-hydrogen) atoms. The van der Waals surface area contributed by atoms with E-state index in [1.54, 1.807) is 11.3 Å². The topological polar surface area (TPSA) is 54.4 Å². The van der Waals surface area contributed by atoms with Crippen molar-refractivity contribution in [1.82, 2.24) is 4.98 Å². The third kappa shape index (κ3) is 3.63. The van der Waals surface area contributed by atoms with Gasteiger partial charge < -0.3 is 15.2 Å². The first-order chi connectivity index (χ1) is 11.2. The van der Waals surface area contributed by atoms with E-state index in [9.17, 15) is 5.11 Å². The van der Waals surface area contributed by atoms with Crippen LogP contribution in [-0.4, -0.2) is 29.8 Å². The molecular weight excluding hydrogens is 308 g/mol. The van der Waals surface area contributed by atoms with Gasteiger partial charge in [0.1, 0.15) is 17.4 Å². The minimum atomic E-state index is -0.423. The van der Waals surface area contributed by atoms with Crippen LogP contribution in [0.4, 0.5) is 5.69 Å². The number of aliphatic hydroxyl groups excluding tert-OH is 1. The molecule has 0 aliphatic rings. The highest BCUT2D eigenvalue weighted by molar-refractivity contribution is 7.21. The van der Waals surface area contributed by atoms with E-state index in [1.165, 1.54) is 0 Å². The Balaban J connectivity index is 1.83. The van der Waals surface area contributed by atoms with Crippen molar-refractivity contribution < 1.29 is 9.84 Å². The lowest BCUT2D eigenvalue weighted by molar-refractivity contribution is 0.104. The van der Waals surface area contributed by atoms with Gasteiger partial charge >= 0.3 is 0 Å². The second-order valence-electron chi connectivity index (χ2n) is 5.35. The van der Waals surface area contributed by atoms with Gasteiger partial charge in [-0.3, -0.25) is 0 Å². The minimum Gasteiger partial charge on any atom is -0.491 e. The number of aliphatic hydroxyl groups is 1. The molecule has 0 unspecified atom stereocenters. The molecule has 0 bridgehead atoms. The van der Waals surface area contributed by atoms with E-state index in [-0.39, 0.29) is 0 Å². The van der Waals surface area contributed by atoms with E-state index < -0.39 is 6.10 Å². The highest BCUT2D eigenvalue weighted by Crippen LogP contribution is 2.32. The van der Waals surface area contributed by atoms with Gasteiger partial charge in [-0.2, -0.15) is 0 Å². The third-order valence-electron chi connectivity index (χ3n) is 3.69. The number of rotatable bonds is 6. The summed E-state index contributed by atoms with van der Waals surface area (Å²) in [7, 11) is 1.91. The smallest absolute Gasteiger partial charge is 0.124 e. The van der Waals surface area contributed by atoms with Crippen LogP contribution in [0.25, 0.3) is 20.8 Å². The van der Waals surface area contributed by atoms with Crippen molar-refractivity contribution in [2.45, 2.75) is 19.4 Å². The predicted octanol–water partition coefficient (Wildman–Crippen LogP) is 4.15. The van der Waals surface area contributed by atoms with Crippen molar-refractivity contribution in [1.29, 1.82) is 0 Å². The van der Waals surface area contributed by atoms with Gasteiger partial charge in [0.2, 0.25) is 0 Å². The lowest BCUT2D eigenvalue weighted by atomic mass is 10.2. The van der Waals surface area contributed by atoms with Gasteiger partial charge in [-0.1, -0.05) is 6.92 Å². The van der Waals surface area contributed by atoms with Gasteiger partial charge in [0, 0.05) is 18.3 Å². The number of nitrogens with zero attached hydrogens (tertiary/aromatic N) is 1. The lowest BCUT2D eigenvalue weighted by Gasteiger charge is -2.09. The highest BCUT2D eigenvalue weighted by Gasteiger charge is 2.08. The third-order valence-corrected chi connectivity index (χ3v) is 4.76. The van der Waals surface area contributed by atoms with Crippen LogP contribution in [0.3, 0.4) is 0 Å². The first kappa shape index (κ1) is 15.8. The molecule has 0 amide bonds. The van der Waals surface area contributed by atoms with E-state index in [4.69, 9.17) is 4.74 Å². The van der Waals surface area contributed by atoms with Crippen LogP contribution in [0.5, 0.6) is 5.75 Å². The summed E-state index contributed by atoms with van der Waals surface area (Å²) < 4.78 is 6.72. The second-order valence-corrected chi connectivity index (χ2v) is 6.38. The maximum atomic E-state index is 9.59. The number of anilines is 1. The van der Waals surface area contributed by atoms with Crippen LogP contribution in [0, 0.1) is 0 Å². The Kier molecular flexibility index (Phi) is 4.79. The molecule has 1 atom stereocenters. The lowest BCUT2D eigenvalue weighted by Crippen LogP contribution is -2.15. The predicted molar refractivity (Wildman–Crippen MR) is 96.4 cm³/mol. The van der Waals surface area contributed by atoms with Crippen molar-refractivity contribution >= 4 is 27.2 Å². The molecule has 0 saturated carbocycles. The Morgan fingerprint density at radius 2 is 2.00 bits per heavy atom. The number of thiazole rings is 1. The zero-order chi connectivity index (χ0) is 16.2. The summed E-state index contributed by atoms with van der Waals surface area (Å²) in [6, 6.07) is 14.1. The molecule has 0 spiro atoms. The SMILES string of the molecule is CC[C@H](O)COc1ccc2nc(-c3ccc(NC)cc3)sc2c1. The molecule has 0 aliphatic carbocycles. The summed E-state index contributed by atoms with van der Waals surface area (Å²) in [5.41, 5.74) is 3.15. The summed E-state index contributed by atoms with van der Waals surface area (Å²) in [4.78, 5) is 4.68. The largest absolute Gasteiger partial charge is 0.491 e. The Labute approximate surface area is 139 Å². The highest BCUT2D eigenvalue weighted by atomic mass is 32.1. The fraction of sp³-hybridized carbons (Fsp3) is 0.278. The maximum absolute atomic E-state index is 9.59. The molecule has 0 fully saturated rings. The van der Waals surface area contributed by atoms with Crippen LogP contribution in [0.1, 0.15) is 13.3 Å². The van der Waals surface area contributed by atoms with Crippen molar-refractivity contribution in [2.24, 2.45) is 0 Å². The van der Waals surface area contributed by atoms with Crippen LogP contribution < -0.4 is 10.1 Å². The summed E-state index contributed by atoms with van der Waals surface area (Å²) in [5.74, 6) is 0.769. The van der Waals surface area contributed by atoms with Crippen LogP contribution in [-0.2, 0) is 0 Å². The molecule has 1 heterocycles. The first-order valence-corrected chi connectivity index (χ1v) is 8.51. The van der Waals surface area contributed by atoms with E-state index in [0.717, 1.165) is 32.2 Å². The van der Waals surface area contributed by atoms with E-state index in [1.807, 2.05) is 44.3 Å². The van der Waals surface area contributed by atoms with Crippen LogP contribution in [0.2, 0.25) is 0 Å². The van der Waals surface area contributed by atoms with Gasteiger partial charge in [0.15, 0.2) is 0 Å². The average Bonchev–Trinajstić information content (AvgIpc) is 3.03. The zero-order valence-corrected chi connectivity index (χ0v) is 14.1. The van der Waals surface area contributed by atoms with Crippen LogP contribution in [0.15, 0.2) is 42.5 Å². The van der Waals surface area contributed by atoms with E-state index >= 15 is 0 Å². The van der Waals surface area contributed by atoms with Gasteiger partial charge in [-0.05, 0) is 48.9 Å². The summed E-state index contributed by atoms with van der Waals surface area (Å²) >= 11 is 1.64. The number of fused-ring (bicyclic) bond motifs is 1. The molecule has 1 aromatic heterocycles. The van der Waals surface area contributed by atoms with Crippen molar-refractivity contribution in [3.63, 3.8) is 0 Å². The molecule has 0 saturated heterocycles. The summed E-state index contributed by atoms with van der Waals surface area (Å²) in [6.45, 7) is 2.26. The molecule has 3 rings (SSSR count). The van der Waals surface area contributed by atoms with Gasteiger partial charge in [-0.25, -0.2) is 4.98 Å². The molecule has 4 nitrogen and oxygen atoms in total. The quantitative estimate of drug-likeness (QED) is 0.713. The first-order valence-electron chi connectivity index (χ1n) is 7.69. The molecule has 5 heteroatoms. The Morgan fingerprint density at radius 1 is 1.22 bits per heavy atom. The molecule has 0 aliphatic heterocycles. The molecular formula is C18H20N2O2S. The number of hydrogen-bond acceptors (Lipinski definition) is 5. The number of hydrogen-bond donors (Lipinski definition) is 2. The summed E-state index contributed by atoms with van der Waals surface area (Å²) in [6.07, 6.45) is 0.267. The standard InChI is InChI=1S/C18H20N2O2S/c1-3-14(21)11-22-15-8-9-16-17(10-15)23-18(20-16)12-4-6-13(19-2)7-5-12/h4-10,14,19,21H,3,11H2,1-2H3/t14-/m0/s1. The molecule has 2 N–H and O–H groups in total. The maximum Gasteiger partial charge on any atom is 0.124 e. The molecule has 0 radical (unpaired) electrons. The number of nitrogens with one attached hydrogen (secondary N) is 1. The van der Waals surface area contributed by atoms with Crippen LogP contribution >= 0.6 is 11.3 Å². The van der Waals surface area contributed by atoms with E-state index in [2.05, 4.69) is 22.4 Å². The number of aromatic nitrogens is 1. The fourth-order valence-electron chi connectivity index (χ4n) is 2.21. The van der Waals surface area contributed by atoms with Gasteiger partial charge in [0.25, 0.3) is 0 Å². The van der Waals surface area contributed by atoms with Crippen molar-refractivity contribution in [2.75, 3.05) is 19.0 Å². The zero-order valence-electron chi connectivity index (χ0n) is 13.2. The van der Waals surface area contributed by atoms with Gasteiger partial charge in [0.05, 0.1) is 16.3 Å². The molecule has 2 aromatic carbocycles. The van der Waals surface area contributed by atoms with Gasteiger partial charge in [-0.15, -0.1) is 11.3 Å². The number of ether oxygens (including phenoxy) is 1. The normalized spacial score (nSPS) is 12.3. The Hall–Kier alpha value is -2.11. The Morgan fingerprint density at radius 3 is 2.70 bits per heavy atom. The molecule has 3 aromatic rings. The summed E-state index contributed by atoms with van der Waals surface area (Å²) in [5, 5.41) is 13.7. The second kappa shape index (κ2) is 6.98. The minimum absolute atomic E-state index is 0.319.